The van der Waals surface area contributed by atoms with Crippen LogP contribution in [0.4, 0.5) is 9.52 Å². The Hall–Kier alpha value is -2.82. The Bertz CT molecular complexity index is 1310. The van der Waals surface area contributed by atoms with Gasteiger partial charge >= 0.3 is 0 Å². The van der Waals surface area contributed by atoms with Crippen molar-refractivity contribution in [2.45, 2.75) is 11.4 Å². The molecule has 0 unspecified atom stereocenters. The lowest BCUT2D eigenvalue weighted by atomic mass is 10.2. The van der Waals surface area contributed by atoms with Gasteiger partial charge in [-0.05, 0) is 35.9 Å². The van der Waals surface area contributed by atoms with E-state index in [0.717, 1.165) is 10.5 Å². The second kappa shape index (κ2) is 8.13. The first kappa shape index (κ1) is 20.5. The highest BCUT2D eigenvalue weighted by Gasteiger charge is 2.28. The van der Waals surface area contributed by atoms with E-state index in [9.17, 15) is 12.8 Å². The molecule has 0 N–H and O–H groups in total. The minimum atomic E-state index is -4.07. The van der Waals surface area contributed by atoms with Gasteiger partial charge in [0.15, 0.2) is 10.3 Å². The van der Waals surface area contributed by atoms with Crippen molar-refractivity contribution in [3.8, 4) is 5.75 Å². The topological polar surface area (TPSA) is 85.3 Å². The smallest absolute Gasteiger partial charge is 0.266 e. The molecule has 7 nitrogen and oxygen atoms in total. The van der Waals surface area contributed by atoms with E-state index in [1.807, 2.05) is 0 Å². The van der Waals surface area contributed by atoms with Crippen LogP contribution in [-0.4, -0.2) is 30.7 Å². The van der Waals surface area contributed by atoms with E-state index < -0.39 is 15.2 Å². The van der Waals surface area contributed by atoms with Crippen molar-refractivity contribution in [3.63, 3.8) is 0 Å². The number of anilines is 1. The van der Waals surface area contributed by atoms with Crippen LogP contribution in [0, 0.1) is 5.13 Å². The maximum Gasteiger partial charge on any atom is 0.266 e. The van der Waals surface area contributed by atoms with Crippen molar-refractivity contribution in [1.82, 2.24) is 15.2 Å². The largest absolute Gasteiger partial charge is 0.497 e. The van der Waals surface area contributed by atoms with Crippen LogP contribution in [0.15, 0.2) is 59.8 Å². The summed E-state index contributed by atoms with van der Waals surface area (Å²) in [4.78, 5) is 3.94. The Morgan fingerprint density at radius 3 is 2.60 bits per heavy atom. The van der Waals surface area contributed by atoms with E-state index in [0.29, 0.717) is 33.4 Å². The van der Waals surface area contributed by atoms with Crippen molar-refractivity contribution >= 4 is 48.9 Å². The molecule has 11 heteroatoms. The van der Waals surface area contributed by atoms with Gasteiger partial charge in [0.25, 0.3) is 10.0 Å². The van der Waals surface area contributed by atoms with Crippen molar-refractivity contribution in [2.24, 2.45) is 0 Å². The van der Waals surface area contributed by atoms with Gasteiger partial charge in [-0.2, -0.15) is 9.49 Å². The first-order valence-corrected chi connectivity index (χ1v) is 11.2. The summed E-state index contributed by atoms with van der Waals surface area (Å²) in [6, 6.07) is 11.4. The summed E-state index contributed by atoms with van der Waals surface area (Å²) in [7, 11) is -2.52. The average molecular weight is 465 g/mol. The van der Waals surface area contributed by atoms with E-state index in [1.165, 1.54) is 18.3 Å². The second-order valence-electron chi connectivity index (χ2n) is 6.19. The summed E-state index contributed by atoms with van der Waals surface area (Å²) in [5.41, 5.74) is 0.685. The van der Waals surface area contributed by atoms with Crippen molar-refractivity contribution < 1.29 is 17.5 Å². The first-order chi connectivity index (χ1) is 14.4. The number of sulfonamides is 1. The van der Waals surface area contributed by atoms with E-state index >= 15 is 0 Å². The van der Waals surface area contributed by atoms with Crippen LogP contribution in [0.1, 0.15) is 5.56 Å². The number of thiazole rings is 1. The Morgan fingerprint density at radius 2 is 1.93 bits per heavy atom. The van der Waals surface area contributed by atoms with Gasteiger partial charge in [-0.25, -0.2) is 17.7 Å². The minimum absolute atomic E-state index is 0.00295. The molecule has 154 valence electrons. The van der Waals surface area contributed by atoms with Crippen LogP contribution >= 0.6 is 22.9 Å². The molecular formula is C19H14ClFN4O3S2. The van der Waals surface area contributed by atoms with Crippen molar-refractivity contribution in [3.05, 3.63) is 70.7 Å². The molecule has 0 bridgehead atoms. The Balaban J connectivity index is 1.78. The lowest BCUT2D eigenvalue weighted by molar-refractivity contribution is 0.414. The lowest BCUT2D eigenvalue weighted by Crippen LogP contribution is -2.30. The van der Waals surface area contributed by atoms with E-state index in [1.54, 1.807) is 37.4 Å². The maximum absolute atomic E-state index is 13.7. The van der Waals surface area contributed by atoms with Gasteiger partial charge in [-0.3, -0.25) is 0 Å². The number of ether oxygens (including phenoxy) is 1. The highest BCUT2D eigenvalue weighted by atomic mass is 35.5. The monoisotopic (exact) mass is 464 g/mol. The van der Waals surface area contributed by atoms with Crippen LogP contribution in [0.3, 0.4) is 0 Å². The number of methoxy groups -OCH3 is 1. The number of rotatable bonds is 6. The van der Waals surface area contributed by atoms with Crippen LogP contribution in [0.2, 0.25) is 5.15 Å². The van der Waals surface area contributed by atoms with Crippen LogP contribution < -0.4 is 9.04 Å². The number of halogens is 2. The van der Waals surface area contributed by atoms with E-state index in [2.05, 4.69) is 15.2 Å². The SMILES string of the molecule is COc1ccc(CN(c2ncc(F)s2)S(=O)(=O)c2ccc3c(Cl)nncc3c2)cc1. The molecule has 2 aromatic carbocycles. The van der Waals surface area contributed by atoms with E-state index in [-0.39, 0.29) is 21.7 Å². The van der Waals surface area contributed by atoms with Crippen molar-refractivity contribution in [1.29, 1.82) is 0 Å². The molecule has 0 saturated carbocycles. The number of fused-ring (bicyclic) bond motifs is 1. The number of aromatic nitrogens is 3. The molecule has 0 aliphatic rings. The average Bonchev–Trinajstić information content (AvgIpc) is 3.18. The minimum Gasteiger partial charge on any atom is -0.497 e. The summed E-state index contributed by atoms with van der Waals surface area (Å²) < 4.78 is 46.8. The van der Waals surface area contributed by atoms with Gasteiger partial charge in [-0.15, -0.1) is 5.10 Å². The molecule has 0 fully saturated rings. The molecule has 0 aliphatic heterocycles. The summed E-state index contributed by atoms with van der Waals surface area (Å²) in [6.07, 6.45) is 2.42. The Labute approximate surface area is 180 Å². The van der Waals surface area contributed by atoms with Gasteiger partial charge in [-0.1, -0.05) is 35.1 Å². The van der Waals surface area contributed by atoms with Gasteiger partial charge < -0.3 is 4.74 Å². The maximum atomic E-state index is 13.7. The van der Waals surface area contributed by atoms with Crippen LogP contribution in [0.5, 0.6) is 5.75 Å². The van der Waals surface area contributed by atoms with Gasteiger partial charge in [0.1, 0.15) is 5.75 Å². The Kier molecular flexibility index (Phi) is 5.54. The molecule has 4 aromatic rings. The molecular weight excluding hydrogens is 451 g/mol. The van der Waals surface area contributed by atoms with Gasteiger partial charge in [0.2, 0.25) is 5.13 Å². The number of hydrogen-bond acceptors (Lipinski definition) is 7. The third-order valence-electron chi connectivity index (χ3n) is 4.34. The fourth-order valence-corrected chi connectivity index (χ4v) is 5.35. The predicted octanol–water partition coefficient (Wildman–Crippen LogP) is 4.28. The fourth-order valence-electron chi connectivity index (χ4n) is 2.83. The second-order valence-corrected chi connectivity index (χ2v) is 9.37. The third kappa shape index (κ3) is 3.93. The van der Waals surface area contributed by atoms with Gasteiger partial charge in [0.05, 0.1) is 30.9 Å². The highest BCUT2D eigenvalue weighted by molar-refractivity contribution is 7.93. The predicted molar refractivity (Wildman–Crippen MR) is 113 cm³/mol. The van der Waals surface area contributed by atoms with E-state index in [4.69, 9.17) is 16.3 Å². The molecule has 0 saturated heterocycles. The Morgan fingerprint density at radius 1 is 1.17 bits per heavy atom. The molecule has 4 rings (SSSR count). The number of benzene rings is 2. The van der Waals surface area contributed by atoms with Crippen LogP contribution in [0.25, 0.3) is 10.8 Å². The molecule has 0 atom stereocenters. The zero-order chi connectivity index (χ0) is 21.3. The molecule has 2 aromatic heterocycles. The normalized spacial score (nSPS) is 11.6. The molecule has 0 amide bonds. The number of nitrogens with zero attached hydrogens (tertiary/aromatic N) is 4. The molecule has 0 radical (unpaired) electrons. The standard InChI is InChI=1S/C19H14ClFN4O3S2/c1-28-14-4-2-12(3-5-14)11-25(19-22-10-17(21)29-19)30(26,27)15-6-7-16-13(8-15)9-23-24-18(16)20/h2-10H,11H2,1H3. The summed E-state index contributed by atoms with van der Waals surface area (Å²) in [5, 5.41) is 8.22. The molecule has 2 heterocycles. The first-order valence-electron chi connectivity index (χ1n) is 8.56. The third-order valence-corrected chi connectivity index (χ3v) is 7.28. The molecule has 0 aliphatic carbocycles. The van der Waals surface area contributed by atoms with Crippen molar-refractivity contribution in [2.75, 3.05) is 11.4 Å². The van der Waals surface area contributed by atoms with Crippen LogP contribution in [-0.2, 0) is 16.6 Å². The van der Waals surface area contributed by atoms with Gasteiger partial charge in [0, 0.05) is 10.8 Å². The lowest BCUT2D eigenvalue weighted by Gasteiger charge is -2.22. The zero-order valence-electron chi connectivity index (χ0n) is 15.5. The summed E-state index contributed by atoms with van der Waals surface area (Å²) in [5.74, 6) is 0.640. The summed E-state index contributed by atoms with van der Waals surface area (Å²) >= 11 is 6.67. The highest BCUT2D eigenvalue weighted by Crippen LogP contribution is 2.31. The number of hydrogen-bond donors (Lipinski definition) is 0. The zero-order valence-corrected chi connectivity index (χ0v) is 17.9. The molecule has 30 heavy (non-hydrogen) atoms. The fraction of sp³-hybridized carbons (Fsp3) is 0.105. The quantitative estimate of drug-likeness (QED) is 0.423. The summed E-state index contributed by atoms with van der Waals surface area (Å²) in [6.45, 7) is -0.0351. The molecule has 0 spiro atoms.